The van der Waals surface area contributed by atoms with Crippen LogP contribution in [0.1, 0.15) is 25.2 Å². The summed E-state index contributed by atoms with van der Waals surface area (Å²) in [6.07, 6.45) is 4.04. The molecule has 0 spiro atoms. The Labute approximate surface area is 217 Å². The Balaban J connectivity index is 1.22. The number of aromatic nitrogens is 4. The van der Waals surface area contributed by atoms with Crippen LogP contribution >= 0.6 is 0 Å². The number of benzene rings is 4. The van der Waals surface area contributed by atoms with Gasteiger partial charge in [-0.1, -0.05) is 84.9 Å². The molecule has 0 aliphatic heterocycles. The molecular weight excluding hydrogens is 452 g/mol. The predicted molar refractivity (Wildman–Crippen MR) is 150 cm³/mol. The lowest BCUT2D eigenvalue weighted by Crippen LogP contribution is -2.21. The van der Waals surface area contributed by atoms with E-state index in [0.29, 0.717) is 0 Å². The van der Waals surface area contributed by atoms with Crippen molar-refractivity contribution in [1.82, 2.24) is 19.6 Å². The van der Waals surface area contributed by atoms with E-state index in [9.17, 15) is 0 Å². The van der Waals surface area contributed by atoms with Crippen molar-refractivity contribution in [3.05, 3.63) is 145 Å². The van der Waals surface area contributed by atoms with Crippen LogP contribution in [0.3, 0.4) is 0 Å². The molecule has 0 atom stereocenters. The fourth-order valence-electron chi connectivity index (χ4n) is 4.61. The lowest BCUT2D eigenvalue weighted by Gasteiger charge is -2.19. The van der Waals surface area contributed by atoms with E-state index in [-0.39, 0.29) is 5.41 Å². The Bertz CT molecular complexity index is 1480. The number of nitrogens with zero attached hydrogens (tertiary/aromatic N) is 4. The average Bonchev–Trinajstić information content (AvgIpc) is 3.66. The third-order valence-electron chi connectivity index (χ3n) is 6.94. The molecule has 0 N–H and O–H groups in total. The highest BCUT2D eigenvalue weighted by molar-refractivity contribution is 5.65. The Morgan fingerprint density at radius 2 is 0.784 bits per heavy atom. The molecule has 37 heavy (non-hydrogen) atoms. The zero-order chi connectivity index (χ0) is 25.2. The van der Waals surface area contributed by atoms with Crippen LogP contribution in [0.15, 0.2) is 134 Å². The van der Waals surface area contributed by atoms with Gasteiger partial charge in [-0.25, -0.2) is 9.36 Å². The zero-order valence-electron chi connectivity index (χ0n) is 21.0. The monoisotopic (exact) mass is 480 g/mol. The summed E-state index contributed by atoms with van der Waals surface area (Å²) >= 11 is 0. The molecule has 0 bridgehead atoms. The second kappa shape index (κ2) is 9.40. The molecule has 2 heterocycles. The summed E-state index contributed by atoms with van der Waals surface area (Å²) in [5.74, 6) is 0. The van der Waals surface area contributed by atoms with E-state index in [0.717, 1.165) is 22.8 Å². The molecule has 4 aromatic carbocycles. The van der Waals surface area contributed by atoms with Crippen molar-refractivity contribution in [1.29, 1.82) is 0 Å². The molecule has 4 nitrogen and oxygen atoms in total. The van der Waals surface area contributed by atoms with Gasteiger partial charge in [-0.05, 0) is 72.5 Å². The van der Waals surface area contributed by atoms with Gasteiger partial charge in [0.05, 0.1) is 28.2 Å². The van der Waals surface area contributed by atoms with Crippen LogP contribution in [0.4, 0.5) is 0 Å². The van der Waals surface area contributed by atoms with E-state index in [2.05, 4.69) is 123 Å². The molecule has 6 aromatic rings. The van der Waals surface area contributed by atoms with Crippen LogP contribution in [-0.4, -0.2) is 19.6 Å². The lowest BCUT2D eigenvalue weighted by molar-refractivity contribution is 0.576. The summed E-state index contributed by atoms with van der Waals surface area (Å²) < 4.78 is 3.87. The molecule has 0 saturated carbocycles. The Morgan fingerprint density at radius 1 is 0.432 bits per heavy atom. The third-order valence-corrected chi connectivity index (χ3v) is 6.94. The first-order chi connectivity index (χ1) is 18.1. The van der Waals surface area contributed by atoms with Gasteiger partial charge in [0.1, 0.15) is 0 Å². The van der Waals surface area contributed by atoms with E-state index in [4.69, 9.17) is 10.2 Å². The van der Waals surface area contributed by atoms with Gasteiger partial charge in [-0.2, -0.15) is 10.2 Å². The highest BCUT2D eigenvalue weighted by Gasteiger charge is 2.29. The lowest BCUT2D eigenvalue weighted by atomic mass is 9.86. The average molecular weight is 481 g/mol. The Morgan fingerprint density at radius 3 is 1.16 bits per heavy atom. The van der Waals surface area contributed by atoms with Crippen LogP contribution in [0, 0.1) is 0 Å². The van der Waals surface area contributed by atoms with E-state index in [1.807, 2.05) is 33.9 Å². The standard InChI is InChI=1S/C33H28N4/c1-33(2,31-21-23-36(34-31)29-17-13-27(14-18-29)25-9-5-3-6-10-25)32-22-24-37(35-32)30-19-15-28(16-20-30)26-11-7-4-8-12-26/h3-24H,1-2H3. The second-order valence-electron chi connectivity index (χ2n) is 9.74. The number of rotatable bonds is 6. The molecule has 0 amide bonds. The fourth-order valence-corrected chi connectivity index (χ4v) is 4.61. The Hall–Kier alpha value is -4.70. The summed E-state index contributed by atoms with van der Waals surface area (Å²) in [5.41, 5.74) is 8.48. The first kappa shape index (κ1) is 22.7. The molecule has 0 aliphatic rings. The van der Waals surface area contributed by atoms with Gasteiger partial charge in [0.25, 0.3) is 0 Å². The van der Waals surface area contributed by atoms with Gasteiger partial charge < -0.3 is 0 Å². The molecule has 0 saturated heterocycles. The van der Waals surface area contributed by atoms with Crippen LogP contribution in [0.2, 0.25) is 0 Å². The maximum absolute atomic E-state index is 4.93. The highest BCUT2D eigenvalue weighted by atomic mass is 15.3. The Kier molecular flexibility index (Phi) is 5.78. The molecule has 0 unspecified atom stereocenters. The smallest absolute Gasteiger partial charge is 0.0745 e. The quantitative estimate of drug-likeness (QED) is 0.245. The molecule has 6 rings (SSSR count). The van der Waals surface area contributed by atoms with Gasteiger partial charge in [0.15, 0.2) is 0 Å². The van der Waals surface area contributed by atoms with Crippen molar-refractivity contribution in [2.45, 2.75) is 19.3 Å². The maximum Gasteiger partial charge on any atom is 0.0745 e. The van der Waals surface area contributed by atoms with Crippen LogP contribution in [0.5, 0.6) is 0 Å². The molecule has 180 valence electrons. The van der Waals surface area contributed by atoms with E-state index in [1.54, 1.807) is 0 Å². The topological polar surface area (TPSA) is 35.6 Å². The second-order valence-corrected chi connectivity index (χ2v) is 9.74. The normalized spacial score (nSPS) is 11.5. The summed E-state index contributed by atoms with van der Waals surface area (Å²) in [5, 5.41) is 9.85. The minimum Gasteiger partial charge on any atom is -0.241 e. The van der Waals surface area contributed by atoms with Crippen molar-refractivity contribution in [2.75, 3.05) is 0 Å². The van der Waals surface area contributed by atoms with E-state index in [1.165, 1.54) is 22.3 Å². The highest BCUT2D eigenvalue weighted by Crippen LogP contribution is 2.30. The largest absolute Gasteiger partial charge is 0.241 e. The fraction of sp³-hybridized carbons (Fsp3) is 0.0909. The van der Waals surface area contributed by atoms with Crippen molar-refractivity contribution in [2.24, 2.45) is 0 Å². The van der Waals surface area contributed by atoms with Gasteiger partial charge in [0.2, 0.25) is 0 Å². The molecule has 0 fully saturated rings. The van der Waals surface area contributed by atoms with Gasteiger partial charge in [-0.3, -0.25) is 0 Å². The van der Waals surface area contributed by atoms with E-state index < -0.39 is 0 Å². The van der Waals surface area contributed by atoms with Crippen molar-refractivity contribution >= 4 is 0 Å². The summed E-state index contributed by atoms with van der Waals surface area (Å²) in [4.78, 5) is 0. The molecule has 2 aromatic heterocycles. The number of hydrogen-bond acceptors (Lipinski definition) is 2. The van der Waals surface area contributed by atoms with Crippen LogP contribution in [-0.2, 0) is 5.41 Å². The summed E-state index contributed by atoms with van der Waals surface area (Å²) in [6, 6.07) is 42.0. The zero-order valence-corrected chi connectivity index (χ0v) is 21.0. The van der Waals surface area contributed by atoms with Crippen LogP contribution in [0.25, 0.3) is 33.6 Å². The molecule has 0 radical (unpaired) electrons. The SMILES string of the molecule is CC(C)(c1ccn(-c2ccc(-c3ccccc3)cc2)n1)c1ccn(-c2ccc(-c3ccccc3)cc2)n1. The van der Waals surface area contributed by atoms with Crippen molar-refractivity contribution in [3.8, 4) is 33.6 Å². The minimum absolute atomic E-state index is 0.343. The third kappa shape index (κ3) is 4.50. The van der Waals surface area contributed by atoms with Crippen molar-refractivity contribution in [3.63, 3.8) is 0 Å². The van der Waals surface area contributed by atoms with Crippen molar-refractivity contribution < 1.29 is 0 Å². The predicted octanol–water partition coefficient (Wildman–Crippen LogP) is 7.72. The summed E-state index contributed by atoms with van der Waals surface area (Å²) in [6.45, 7) is 4.34. The maximum atomic E-state index is 4.93. The molecular formula is C33H28N4. The first-order valence-corrected chi connectivity index (χ1v) is 12.5. The molecule has 0 aliphatic carbocycles. The number of hydrogen-bond donors (Lipinski definition) is 0. The van der Waals surface area contributed by atoms with Crippen LogP contribution < -0.4 is 0 Å². The van der Waals surface area contributed by atoms with Gasteiger partial charge >= 0.3 is 0 Å². The van der Waals surface area contributed by atoms with E-state index >= 15 is 0 Å². The first-order valence-electron chi connectivity index (χ1n) is 12.5. The summed E-state index contributed by atoms with van der Waals surface area (Å²) in [7, 11) is 0. The minimum atomic E-state index is -0.343. The molecule has 4 heteroatoms. The van der Waals surface area contributed by atoms with Gasteiger partial charge in [0, 0.05) is 12.4 Å². The van der Waals surface area contributed by atoms with Gasteiger partial charge in [-0.15, -0.1) is 0 Å².